The maximum atomic E-state index is 12.1. The van der Waals surface area contributed by atoms with Gasteiger partial charge in [-0.1, -0.05) is 12.1 Å². The number of hydrazine groups is 1. The molecule has 30 heavy (non-hydrogen) atoms. The van der Waals surface area contributed by atoms with Gasteiger partial charge in [-0.05, 0) is 54.1 Å². The number of nitrogens with zero attached hydrogens (tertiary/aromatic N) is 1. The highest BCUT2D eigenvalue weighted by molar-refractivity contribution is 6.01. The van der Waals surface area contributed by atoms with Crippen LogP contribution in [0.15, 0.2) is 65.5 Å². The Bertz CT molecular complexity index is 1350. The molecule has 1 aliphatic heterocycles. The molecule has 5 rings (SSSR count). The van der Waals surface area contributed by atoms with Crippen LogP contribution in [0.3, 0.4) is 0 Å². The number of amides is 1. The van der Waals surface area contributed by atoms with Gasteiger partial charge in [0.2, 0.25) is 0 Å². The minimum atomic E-state index is -0.365. The fraction of sp³-hybridized carbons (Fsp3) is 0.0455. The van der Waals surface area contributed by atoms with Crippen molar-refractivity contribution in [1.82, 2.24) is 15.6 Å². The molecule has 1 amide bonds. The van der Waals surface area contributed by atoms with Gasteiger partial charge in [0.1, 0.15) is 29.5 Å². The molecule has 0 spiro atoms. The second-order valence-corrected chi connectivity index (χ2v) is 6.80. The van der Waals surface area contributed by atoms with Crippen LogP contribution < -0.4 is 26.3 Å². The molecule has 4 N–H and O–H groups in total. The number of aromatic nitrogens is 2. The van der Waals surface area contributed by atoms with Crippen molar-refractivity contribution < 1.29 is 14.3 Å². The van der Waals surface area contributed by atoms with Gasteiger partial charge in [-0.25, -0.2) is 10.9 Å². The molecule has 0 aliphatic carbocycles. The second kappa shape index (κ2) is 7.02. The number of benzene rings is 3. The number of hydrogen-bond donors (Lipinski definition) is 3. The highest BCUT2D eigenvalue weighted by Gasteiger charge is 2.23. The number of nitrogens with two attached hydrogens (primary N) is 1. The van der Waals surface area contributed by atoms with E-state index in [1.807, 2.05) is 24.3 Å². The summed E-state index contributed by atoms with van der Waals surface area (Å²) in [6.45, 7) is 0.309. The van der Waals surface area contributed by atoms with E-state index in [0.29, 0.717) is 45.9 Å². The molecular formula is C22H16N4O4. The Labute approximate surface area is 170 Å². The predicted octanol–water partition coefficient (Wildman–Crippen LogP) is 2.88. The van der Waals surface area contributed by atoms with E-state index in [1.165, 1.54) is 0 Å². The highest BCUT2D eigenvalue weighted by Crippen LogP contribution is 2.44. The molecule has 1 aliphatic rings. The van der Waals surface area contributed by atoms with Crippen molar-refractivity contribution >= 4 is 16.7 Å². The minimum Gasteiger partial charge on any atom is -0.489 e. The fourth-order valence-electron chi connectivity index (χ4n) is 3.48. The topological polar surface area (TPSA) is 119 Å². The lowest BCUT2D eigenvalue weighted by molar-refractivity contribution is 0.0953. The summed E-state index contributed by atoms with van der Waals surface area (Å²) in [5, 5.41) is 8.05. The summed E-state index contributed by atoms with van der Waals surface area (Å²) in [6, 6.07) is 17.7. The van der Waals surface area contributed by atoms with Crippen LogP contribution in [0.5, 0.6) is 17.2 Å². The number of ether oxygens (including phenoxy) is 2. The average Bonchev–Trinajstić information content (AvgIpc) is 2.79. The summed E-state index contributed by atoms with van der Waals surface area (Å²) in [5.41, 5.74) is 4.63. The number of H-pyrrole nitrogens is 1. The van der Waals surface area contributed by atoms with Gasteiger partial charge in [-0.3, -0.25) is 15.0 Å². The first-order valence-corrected chi connectivity index (χ1v) is 9.20. The number of rotatable bonds is 4. The Kier molecular flexibility index (Phi) is 4.19. The maximum absolute atomic E-state index is 12.1. The van der Waals surface area contributed by atoms with Crippen molar-refractivity contribution in [3.8, 4) is 28.5 Å². The first-order chi connectivity index (χ1) is 14.6. The first-order valence-electron chi connectivity index (χ1n) is 9.20. The zero-order chi connectivity index (χ0) is 20.7. The Morgan fingerprint density at radius 2 is 1.93 bits per heavy atom. The smallest absolute Gasteiger partial charge is 0.272 e. The van der Waals surface area contributed by atoms with E-state index in [-0.39, 0.29) is 11.5 Å². The lowest BCUT2D eigenvalue weighted by Gasteiger charge is -2.20. The van der Waals surface area contributed by atoms with Crippen LogP contribution in [0.4, 0.5) is 0 Å². The van der Waals surface area contributed by atoms with Crippen LogP contribution in [-0.4, -0.2) is 16.1 Å². The molecule has 148 valence electrons. The third-order valence-corrected chi connectivity index (χ3v) is 4.95. The molecule has 0 radical (unpaired) electrons. The van der Waals surface area contributed by atoms with Crippen LogP contribution in [0.25, 0.3) is 22.0 Å². The summed E-state index contributed by atoms with van der Waals surface area (Å²) in [5.74, 6) is 6.66. The molecule has 0 bridgehead atoms. The third kappa shape index (κ3) is 2.96. The monoisotopic (exact) mass is 400 g/mol. The number of nitrogens with one attached hydrogen (secondary N) is 2. The quantitative estimate of drug-likeness (QED) is 0.242. The van der Waals surface area contributed by atoms with Crippen LogP contribution in [-0.2, 0) is 6.61 Å². The molecule has 4 aromatic rings. The largest absolute Gasteiger partial charge is 0.489 e. The van der Waals surface area contributed by atoms with Crippen molar-refractivity contribution in [2.45, 2.75) is 6.61 Å². The molecule has 8 heteroatoms. The number of fused-ring (bicyclic) bond motifs is 2. The Hall–Kier alpha value is -4.17. The summed E-state index contributed by atoms with van der Waals surface area (Å²) >= 11 is 0. The number of hydrogen-bond acceptors (Lipinski definition) is 6. The average molecular weight is 400 g/mol. The molecule has 1 aromatic heterocycles. The van der Waals surface area contributed by atoms with Crippen molar-refractivity contribution in [3.63, 3.8) is 0 Å². The lowest BCUT2D eigenvalue weighted by atomic mass is 9.99. The van der Waals surface area contributed by atoms with E-state index in [0.717, 1.165) is 11.1 Å². The molecule has 8 nitrogen and oxygen atoms in total. The van der Waals surface area contributed by atoms with E-state index >= 15 is 0 Å². The van der Waals surface area contributed by atoms with Crippen molar-refractivity contribution in [2.75, 3.05) is 0 Å². The van der Waals surface area contributed by atoms with Gasteiger partial charge in [0, 0.05) is 11.1 Å². The summed E-state index contributed by atoms with van der Waals surface area (Å²) in [6.07, 6.45) is 0. The van der Waals surface area contributed by atoms with Crippen molar-refractivity contribution in [3.05, 3.63) is 82.1 Å². The van der Waals surface area contributed by atoms with E-state index in [4.69, 9.17) is 15.3 Å². The molecule has 0 saturated carbocycles. The van der Waals surface area contributed by atoms with E-state index in [1.54, 1.807) is 36.4 Å². The van der Waals surface area contributed by atoms with E-state index in [2.05, 4.69) is 15.6 Å². The molecule has 0 unspecified atom stereocenters. The van der Waals surface area contributed by atoms with E-state index in [9.17, 15) is 9.59 Å². The molecule has 0 atom stereocenters. The van der Waals surface area contributed by atoms with Crippen LogP contribution in [0, 0.1) is 0 Å². The fourth-order valence-corrected chi connectivity index (χ4v) is 3.48. The van der Waals surface area contributed by atoms with Crippen molar-refractivity contribution in [1.29, 1.82) is 0 Å². The van der Waals surface area contributed by atoms with Crippen LogP contribution >= 0.6 is 0 Å². The Balaban J connectivity index is 1.44. The van der Waals surface area contributed by atoms with Gasteiger partial charge in [0.05, 0.1) is 10.8 Å². The lowest BCUT2D eigenvalue weighted by Crippen LogP contribution is -2.29. The number of carbonyl (C=O) groups excluding carboxylic acids is 1. The van der Waals surface area contributed by atoms with Gasteiger partial charge >= 0.3 is 0 Å². The van der Waals surface area contributed by atoms with Gasteiger partial charge in [0.15, 0.2) is 0 Å². The Morgan fingerprint density at radius 3 is 2.73 bits per heavy atom. The second-order valence-electron chi connectivity index (χ2n) is 6.80. The number of aromatic amines is 1. The minimum absolute atomic E-state index is 0.256. The van der Waals surface area contributed by atoms with Crippen molar-refractivity contribution in [2.24, 2.45) is 5.84 Å². The van der Waals surface area contributed by atoms with E-state index < -0.39 is 0 Å². The summed E-state index contributed by atoms with van der Waals surface area (Å²) in [7, 11) is 0. The highest BCUT2D eigenvalue weighted by atomic mass is 16.5. The Morgan fingerprint density at radius 1 is 1.10 bits per heavy atom. The standard InChI is InChI=1S/C22H16N4O4/c23-24-21(27)13-5-7-14(8-6-13)29-11-12-4-9-17-16(10-12)20-19-15(22(28)26-25-20)2-1-3-18(19)30-17/h1-10H,11,23H2,(H,24,27)(H,26,28). The zero-order valence-electron chi connectivity index (χ0n) is 15.6. The predicted molar refractivity (Wildman–Crippen MR) is 110 cm³/mol. The van der Waals surface area contributed by atoms with Gasteiger partial charge < -0.3 is 9.47 Å². The number of nitrogen functional groups attached to an aromatic ring is 1. The van der Waals surface area contributed by atoms with Gasteiger partial charge in [-0.15, -0.1) is 0 Å². The summed E-state index contributed by atoms with van der Waals surface area (Å²) in [4.78, 5) is 23.6. The van der Waals surface area contributed by atoms with Gasteiger partial charge in [-0.2, -0.15) is 5.10 Å². The molecule has 3 aromatic carbocycles. The third-order valence-electron chi connectivity index (χ3n) is 4.95. The normalized spacial score (nSPS) is 11.5. The molecular weight excluding hydrogens is 384 g/mol. The van der Waals surface area contributed by atoms with Crippen LogP contribution in [0.2, 0.25) is 0 Å². The SMILES string of the molecule is NNC(=O)c1ccc(OCc2ccc3c(c2)-c2n[nH]c(=O)c4cccc(c24)O3)cc1. The van der Waals surface area contributed by atoms with Gasteiger partial charge in [0.25, 0.3) is 11.5 Å². The van der Waals surface area contributed by atoms with Crippen LogP contribution in [0.1, 0.15) is 15.9 Å². The first kappa shape index (κ1) is 17.9. The molecule has 2 heterocycles. The summed E-state index contributed by atoms with van der Waals surface area (Å²) < 4.78 is 11.8. The maximum Gasteiger partial charge on any atom is 0.272 e. The zero-order valence-corrected chi connectivity index (χ0v) is 15.6. The molecule has 0 saturated heterocycles. The molecule has 0 fully saturated rings. The number of carbonyl (C=O) groups is 1.